The predicted octanol–water partition coefficient (Wildman–Crippen LogP) is 4.78. The number of nitrogens with one attached hydrogen (secondary N) is 1. The van der Waals surface area contributed by atoms with Crippen molar-refractivity contribution in [3.8, 4) is 5.75 Å². The molecule has 2 heterocycles. The maximum Gasteiger partial charge on any atom is 0.241 e. The number of halogens is 3. The summed E-state index contributed by atoms with van der Waals surface area (Å²) in [6.45, 7) is 4.20. The number of nitrogens with zero attached hydrogens (tertiary/aromatic N) is 4. The van der Waals surface area contributed by atoms with E-state index in [0.29, 0.717) is 26.9 Å². The molecule has 0 radical (unpaired) electrons. The Hall–Kier alpha value is -2.20. The molecule has 1 fully saturated rings. The lowest BCUT2D eigenvalue weighted by Crippen LogP contribution is -2.47. The summed E-state index contributed by atoms with van der Waals surface area (Å²) in [7, 11) is 0. The number of aromatic nitrogens is 1. The molecule has 4 rings (SSSR count). The smallest absolute Gasteiger partial charge is 0.241 e. The Balaban J connectivity index is 1.25. The SMILES string of the molecule is O=C(CCN1CCN(c2ccnc3cc(Cl)ccc23)CC1)N/N=C/c1cc(Br)c(O)c(Br)c1. The monoisotopic (exact) mass is 593 g/mol. The first-order chi connectivity index (χ1) is 15.9. The quantitative estimate of drug-likeness (QED) is 0.317. The Morgan fingerprint density at radius 2 is 1.88 bits per heavy atom. The Morgan fingerprint density at radius 1 is 1.15 bits per heavy atom. The molecule has 0 saturated carbocycles. The number of benzene rings is 2. The van der Waals surface area contributed by atoms with E-state index >= 15 is 0 Å². The fraction of sp³-hybridized carbons (Fsp3) is 0.261. The van der Waals surface area contributed by atoms with Gasteiger partial charge < -0.3 is 10.0 Å². The molecule has 1 aliphatic heterocycles. The molecule has 7 nitrogen and oxygen atoms in total. The number of carbonyl (C=O) groups is 1. The minimum Gasteiger partial charge on any atom is -0.506 e. The van der Waals surface area contributed by atoms with E-state index in [1.54, 1.807) is 12.1 Å². The van der Waals surface area contributed by atoms with Gasteiger partial charge in [0.05, 0.1) is 20.7 Å². The van der Waals surface area contributed by atoms with E-state index < -0.39 is 0 Å². The molecule has 2 aromatic carbocycles. The van der Waals surface area contributed by atoms with E-state index in [2.05, 4.69) is 57.2 Å². The summed E-state index contributed by atoms with van der Waals surface area (Å²) in [6.07, 6.45) is 3.73. The van der Waals surface area contributed by atoms with Crippen LogP contribution >= 0.6 is 43.5 Å². The number of fused-ring (bicyclic) bond motifs is 1. The number of hydrazone groups is 1. The van der Waals surface area contributed by atoms with Gasteiger partial charge in [0, 0.05) is 61.4 Å². The molecule has 0 bridgehead atoms. The van der Waals surface area contributed by atoms with Crippen LogP contribution in [0.3, 0.4) is 0 Å². The third kappa shape index (κ3) is 6.03. The highest BCUT2D eigenvalue weighted by atomic mass is 79.9. The van der Waals surface area contributed by atoms with Gasteiger partial charge in [-0.15, -0.1) is 0 Å². The molecule has 1 aliphatic rings. The van der Waals surface area contributed by atoms with E-state index in [1.807, 2.05) is 30.5 Å². The Bertz CT molecular complexity index is 1180. The van der Waals surface area contributed by atoms with Crippen molar-refractivity contribution in [3.63, 3.8) is 0 Å². The molecule has 2 N–H and O–H groups in total. The Morgan fingerprint density at radius 3 is 2.61 bits per heavy atom. The van der Waals surface area contributed by atoms with E-state index in [4.69, 9.17) is 11.6 Å². The molecule has 0 spiro atoms. The molecule has 172 valence electrons. The van der Waals surface area contributed by atoms with Crippen molar-refractivity contribution in [2.45, 2.75) is 6.42 Å². The van der Waals surface area contributed by atoms with Gasteiger partial charge in [-0.3, -0.25) is 14.7 Å². The topological polar surface area (TPSA) is 81.1 Å². The molecule has 1 aromatic heterocycles. The maximum atomic E-state index is 12.2. The van der Waals surface area contributed by atoms with Crippen molar-refractivity contribution < 1.29 is 9.90 Å². The third-order valence-corrected chi connectivity index (χ3v) is 6.94. The number of anilines is 1. The van der Waals surface area contributed by atoms with Gasteiger partial charge in [-0.2, -0.15) is 5.10 Å². The summed E-state index contributed by atoms with van der Waals surface area (Å²) in [5.41, 5.74) is 5.37. The lowest BCUT2D eigenvalue weighted by molar-refractivity contribution is -0.121. The molecule has 1 saturated heterocycles. The van der Waals surface area contributed by atoms with Gasteiger partial charge in [0.15, 0.2) is 0 Å². The summed E-state index contributed by atoms with van der Waals surface area (Å²) in [5.74, 6) is -0.0135. The van der Waals surface area contributed by atoms with Crippen LogP contribution in [-0.4, -0.2) is 59.8 Å². The van der Waals surface area contributed by atoms with Crippen molar-refractivity contribution in [3.05, 3.63) is 62.1 Å². The van der Waals surface area contributed by atoms with Crippen LogP contribution in [0.25, 0.3) is 10.9 Å². The van der Waals surface area contributed by atoms with Crippen molar-refractivity contribution in [2.75, 3.05) is 37.6 Å². The van der Waals surface area contributed by atoms with Gasteiger partial charge in [-0.25, -0.2) is 5.43 Å². The number of pyridine rings is 1. The zero-order valence-corrected chi connectivity index (χ0v) is 21.6. The second-order valence-corrected chi connectivity index (χ2v) is 9.84. The number of phenolic OH excluding ortho intramolecular Hbond substituents is 1. The van der Waals surface area contributed by atoms with Gasteiger partial charge in [0.1, 0.15) is 5.75 Å². The Labute approximate surface area is 213 Å². The molecule has 0 aliphatic carbocycles. The van der Waals surface area contributed by atoms with Gasteiger partial charge >= 0.3 is 0 Å². The molecular weight excluding hydrogens is 574 g/mol. The van der Waals surface area contributed by atoms with Crippen LogP contribution < -0.4 is 10.3 Å². The maximum absolute atomic E-state index is 12.2. The van der Waals surface area contributed by atoms with Crippen molar-refractivity contribution in [1.82, 2.24) is 15.3 Å². The minimum absolute atomic E-state index is 0.123. The number of phenols is 1. The molecule has 10 heteroatoms. The molecule has 0 atom stereocenters. The first-order valence-corrected chi connectivity index (χ1v) is 12.4. The summed E-state index contributed by atoms with van der Waals surface area (Å²) in [4.78, 5) is 21.2. The van der Waals surface area contributed by atoms with Crippen molar-refractivity contribution >= 4 is 72.2 Å². The molecule has 33 heavy (non-hydrogen) atoms. The highest BCUT2D eigenvalue weighted by Gasteiger charge is 2.19. The predicted molar refractivity (Wildman–Crippen MR) is 139 cm³/mol. The number of piperazine rings is 1. The number of carbonyl (C=O) groups excluding carboxylic acids is 1. The average Bonchev–Trinajstić information content (AvgIpc) is 2.81. The van der Waals surface area contributed by atoms with Crippen molar-refractivity contribution in [2.24, 2.45) is 5.10 Å². The Kier molecular flexibility index (Phi) is 7.85. The highest BCUT2D eigenvalue weighted by molar-refractivity contribution is 9.11. The fourth-order valence-electron chi connectivity index (χ4n) is 3.75. The van der Waals surface area contributed by atoms with Crippen LogP contribution in [0, 0.1) is 0 Å². The van der Waals surface area contributed by atoms with Gasteiger partial charge in [-0.1, -0.05) is 11.6 Å². The molecule has 0 unspecified atom stereocenters. The highest BCUT2D eigenvalue weighted by Crippen LogP contribution is 2.33. The van der Waals surface area contributed by atoms with Crippen LogP contribution in [-0.2, 0) is 4.79 Å². The van der Waals surface area contributed by atoms with Gasteiger partial charge in [0.25, 0.3) is 0 Å². The zero-order chi connectivity index (χ0) is 23.4. The normalized spacial score (nSPS) is 14.8. The number of aromatic hydroxyl groups is 1. The van der Waals surface area contributed by atoms with Crippen LogP contribution in [0.2, 0.25) is 5.02 Å². The number of amides is 1. The lowest BCUT2D eigenvalue weighted by atomic mass is 10.1. The van der Waals surface area contributed by atoms with Gasteiger partial charge in [0.2, 0.25) is 5.91 Å². The van der Waals surface area contributed by atoms with E-state index in [1.165, 1.54) is 6.21 Å². The lowest BCUT2D eigenvalue weighted by Gasteiger charge is -2.36. The van der Waals surface area contributed by atoms with Crippen LogP contribution in [0.5, 0.6) is 5.75 Å². The second-order valence-electron chi connectivity index (χ2n) is 7.70. The van der Waals surface area contributed by atoms with Crippen LogP contribution in [0.4, 0.5) is 5.69 Å². The molecule has 3 aromatic rings. The second kappa shape index (κ2) is 10.8. The summed E-state index contributed by atoms with van der Waals surface area (Å²) >= 11 is 12.7. The van der Waals surface area contributed by atoms with Crippen LogP contribution in [0.15, 0.2) is 56.6 Å². The third-order valence-electron chi connectivity index (χ3n) is 5.49. The minimum atomic E-state index is -0.136. The first kappa shape index (κ1) is 23.9. The molecular formula is C23H22Br2ClN5O2. The summed E-state index contributed by atoms with van der Waals surface area (Å²) < 4.78 is 1.10. The average molecular weight is 596 g/mol. The van der Waals surface area contributed by atoms with Crippen LogP contribution in [0.1, 0.15) is 12.0 Å². The number of hydrogen-bond donors (Lipinski definition) is 2. The van der Waals surface area contributed by atoms with Crippen molar-refractivity contribution in [1.29, 1.82) is 0 Å². The largest absolute Gasteiger partial charge is 0.506 e. The summed E-state index contributed by atoms with van der Waals surface area (Å²) in [5, 5.41) is 15.5. The fourth-order valence-corrected chi connectivity index (χ4v) is 5.14. The zero-order valence-electron chi connectivity index (χ0n) is 17.6. The molecule has 1 amide bonds. The standard InChI is InChI=1S/C23H22Br2ClN5O2/c24-18-11-15(12-19(25)23(18)33)14-28-29-22(32)4-6-30-7-9-31(10-8-30)21-3-5-27-20-13-16(26)1-2-17(20)21/h1-3,5,11-14,33H,4,6-10H2,(H,29,32)/b28-14+. The summed E-state index contributed by atoms with van der Waals surface area (Å²) in [6, 6.07) is 11.3. The van der Waals surface area contributed by atoms with E-state index in [9.17, 15) is 9.90 Å². The first-order valence-electron chi connectivity index (χ1n) is 10.4. The van der Waals surface area contributed by atoms with E-state index in [0.717, 1.165) is 48.3 Å². The number of rotatable bonds is 6. The van der Waals surface area contributed by atoms with Gasteiger partial charge in [-0.05, 0) is 73.8 Å². The number of hydrogen-bond acceptors (Lipinski definition) is 6. The van der Waals surface area contributed by atoms with E-state index in [-0.39, 0.29) is 11.7 Å².